The number of hydrogen-bond acceptors (Lipinski definition) is 3. The number of aromatic nitrogens is 1. The zero-order valence-electron chi connectivity index (χ0n) is 12.0. The Morgan fingerprint density at radius 3 is 2.90 bits per heavy atom. The molecule has 0 atom stereocenters. The average Bonchev–Trinajstić information content (AvgIpc) is 3.08. The molecule has 1 aromatic heterocycles. The number of rotatable bonds is 4. The third-order valence-corrected chi connectivity index (χ3v) is 3.53. The third-order valence-electron chi connectivity index (χ3n) is 3.53. The summed E-state index contributed by atoms with van der Waals surface area (Å²) in [5.41, 5.74) is 6.75. The van der Waals surface area contributed by atoms with Crippen molar-refractivity contribution in [1.82, 2.24) is 9.99 Å². The van der Waals surface area contributed by atoms with Gasteiger partial charge in [0.05, 0.1) is 18.0 Å². The van der Waals surface area contributed by atoms with Gasteiger partial charge in [-0.15, -0.1) is 0 Å². The second-order valence-electron chi connectivity index (χ2n) is 5.15. The number of aryl methyl sites for hydroxylation is 2. The lowest BCUT2D eigenvalue weighted by Crippen LogP contribution is -2.26. The fourth-order valence-electron chi connectivity index (χ4n) is 2.36. The highest BCUT2D eigenvalue weighted by Gasteiger charge is 2.16. The summed E-state index contributed by atoms with van der Waals surface area (Å²) < 4.78 is 2.13. The highest BCUT2D eigenvalue weighted by molar-refractivity contribution is 6.01. The normalized spacial score (nSPS) is 15.0. The van der Waals surface area contributed by atoms with Crippen LogP contribution in [0.15, 0.2) is 47.7 Å². The lowest BCUT2D eigenvalue weighted by Gasteiger charge is -2.06. The molecule has 0 bridgehead atoms. The molecule has 0 saturated carbocycles. The SMILES string of the molecule is Cc1ccc(NCC(=O)NN=C2CCn3cccc32)cc1. The number of anilines is 1. The molecule has 1 aliphatic heterocycles. The molecular weight excluding hydrogens is 264 g/mol. The van der Waals surface area contributed by atoms with E-state index in [9.17, 15) is 4.79 Å². The van der Waals surface area contributed by atoms with Crippen molar-refractivity contribution < 1.29 is 4.79 Å². The Bertz CT molecular complexity index is 670. The van der Waals surface area contributed by atoms with Gasteiger partial charge in [-0.25, -0.2) is 5.43 Å². The van der Waals surface area contributed by atoms with Crippen LogP contribution in [0.3, 0.4) is 0 Å². The number of benzene rings is 1. The Hall–Kier alpha value is -2.56. The Morgan fingerprint density at radius 1 is 1.29 bits per heavy atom. The molecule has 5 nitrogen and oxygen atoms in total. The fraction of sp³-hybridized carbons (Fsp3) is 0.250. The summed E-state index contributed by atoms with van der Waals surface area (Å²) in [6, 6.07) is 11.9. The van der Waals surface area contributed by atoms with Crippen LogP contribution in [0.4, 0.5) is 5.69 Å². The van der Waals surface area contributed by atoms with Gasteiger partial charge in [-0.2, -0.15) is 5.10 Å². The smallest absolute Gasteiger partial charge is 0.259 e. The highest BCUT2D eigenvalue weighted by Crippen LogP contribution is 2.15. The molecule has 1 aliphatic rings. The van der Waals surface area contributed by atoms with Crippen molar-refractivity contribution in [3.8, 4) is 0 Å². The molecular formula is C16H18N4O. The topological polar surface area (TPSA) is 58.4 Å². The van der Waals surface area contributed by atoms with Gasteiger partial charge in [-0.05, 0) is 31.2 Å². The lowest BCUT2D eigenvalue weighted by molar-refractivity contribution is -0.119. The van der Waals surface area contributed by atoms with E-state index in [0.29, 0.717) is 0 Å². The van der Waals surface area contributed by atoms with Gasteiger partial charge < -0.3 is 9.88 Å². The summed E-state index contributed by atoms with van der Waals surface area (Å²) in [6.07, 6.45) is 2.89. The number of carbonyl (C=O) groups excluding carboxylic acids is 1. The van der Waals surface area contributed by atoms with Gasteiger partial charge >= 0.3 is 0 Å². The number of nitrogens with zero attached hydrogens (tertiary/aromatic N) is 2. The quantitative estimate of drug-likeness (QED) is 0.844. The van der Waals surface area contributed by atoms with Crippen molar-refractivity contribution in [2.75, 3.05) is 11.9 Å². The van der Waals surface area contributed by atoms with Crippen LogP contribution in [0.25, 0.3) is 0 Å². The van der Waals surface area contributed by atoms with Gasteiger partial charge in [-0.1, -0.05) is 17.7 Å². The minimum Gasteiger partial charge on any atom is -0.376 e. The Balaban J connectivity index is 1.52. The van der Waals surface area contributed by atoms with Crippen LogP contribution < -0.4 is 10.7 Å². The average molecular weight is 282 g/mol. The van der Waals surface area contributed by atoms with E-state index in [1.165, 1.54) is 5.56 Å². The van der Waals surface area contributed by atoms with Crippen molar-refractivity contribution in [3.05, 3.63) is 53.9 Å². The van der Waals surface area contributed by atoms with E-state index in [1.54, 1.807) is 0 Å². The maximum Gasteiger partial charge on any atom is 0.259 e. The first-order valence-corrected chi connectivity index (χ1v) is 7.04. The van der Waals surface area contributed by atoms with E-state index in [1.807, 2.05) is 49.5 Å². The molecule has 0 unspecified atom stereocenters. The number of fused-ring (bicyclic) bond motifs is 1. The van der Waals surface area contributed by atoms with E-state index in [2.05, 4.69) is 20.4 Å². The van der Waals surface area contributed by atoms with Gasteiger partial charge in [0.25, 0.3) is 5.91 Å². The molecule has 2 aromatic rings. The van der Waals surface area contributed by atoms with Gasteiger partial charge in [0.2, 0.25) is 0 Å². The van der Waals surface area contributed by atoms with E-state index < -0.39 is 0 Å². The minimum absolute atomic E-state index is 0.145. The monoisotopic (exact) mass is 282 g/mol. The van der Waals surface area contributed by atoms with Crippen LogP contribution in [0.2, 0.25) is 0 Å². The van der Waals surface area contributed by atoms with Crippen LogP contribution in [0.5, 0.6) is 0 Å². The van der Waals surface area contributed by atoms with E-state index in [0.717, 1.165) is 30.1 Å². The summed E-state index contributed by atoms with van der Waals surface area (Å²) in [4.78, 5) is 11.8. The van der Waals surface area contributed by atoms with E-state index in [-0.39, 0.29) is 12.5 Å². The van der Waals surface area contributed by atoms with Crippen molar-refractivity contribution >= 4 is 17.3 Å². The molecule has 5 heteroatoms. The van der Waals surface area contributed by atoms with Gasteiger partial charge in [0, 0.05) is 24.8 Å². The molecule has 0 radical (unpaired) electrons. The molecule has 1 aromatic carbocycles. The van der Waals surface area contributed by atoms with E-state index >= 15 is 0 Å². The molecule has 0 saturated heterocycles. The van der Waals surface area contributed by atoms with Crippen molar-refractivity contribution in [2.24, 2.45) is 5.10 Å². The molecule has 0 fully saturated rings. The zero-order valence-corrected chi connectivity index (χ0v) is 12.0. The van der Waals surface area contributed by atoms with Gasteiger partial charge in [-0.3, -0.25) is 4.79 Å². The van der Waals surface area contributed by atoms with Crippen LogP contribution in [0.1, 0.15) is 17.7 Å². The molecule has 21 heavy (non-hydrogen) atoms. The number of amides is 1. The number of carbonyl (C=O) groups is 1. The van der Waals surface area contributed by atoms with Gasteiger partial charge in [0.1, 0.15) is 0 Å². The van der Waals surface area contributed by atoms with Crippen LogP contribution >= 0.6 is 0 Å². The minimum atomic E-state index is -0.145. The predicted octanol–water partition coefficient (Wildman–Crippen LogP) is 2.13. The van der Waals surface area contributed by atoms with Crippen molar-refractivity contribution in [2.45, 2.75) is 19.9 Å². The summed E-state index contributed by atoms with van der Waals surface area (Å²) >= 11 is 0. The molecule has 2 N–H and O–H groups in total. The molecule has 0 spiro atoms. The zero-order chi connectivity index (χ0) is 14.7. The van der Waals surface area contributed by atoms with Crippen LogP contribution in [-0.2, 0) is 11.3 Å². The maximum absolute atomic E-state index is 11.8. The molecule has 0 aliphatic carbocycles. The number of hydrogen-bond donors (Lipinski definition) is 2. The first-order chi connectivity index (χ1) is 10.2. The maximum atomic E-state index is 11.8. The van der Waals surface area contributed by atoms with Crippen LogP contribution in [0, 0.1) is 6.92 Å². The second-order valence-corrected chi connectivity index (χ2v) is 5.15. The second kappa shape index (κ2) is 5.83. The first kappa shape index (κ1) is 13.4. The Labute approximate surface area is 123 Å². The third kappa shape index (κ3) is 3.13. The molecule has 1 amide bonds. The largest absolute Gasteiger partial charge is 0.376 e. The Morgan fingerprint density at radius 2 is 2.10 bits per heavy atom. The van der Waals surface area contributed by atoms with Gasteiger partial charge in [0.15, 0.2) is 0 Å². The summed E-state index contributed by atoms with van der Waals surface area (Å²) in [5.74, 6) is -0.145. The predicted molar refractivity (Wildman–Crippen MR) is 83.4 cm³/mol. The number of hydrazone groups is 1. The van der Waals surface area contributed by atoms with Crippen LogP contribution in [-0.4, -0.2) is 22.7 Å². The lowest BCUT2D eigenvalue weighted by atomic mass is 10.2. The highest BCUT2D eigenvalue weighted by atomic mass is 16.2. The Kier molecular flexibility index (Phi) is 3.73. The summed E-state index contributed by atoms with van der Waals surface area (Å²) in [6.45, 7) is 3.17. The van der Waals surface area contributed by atoms with Crippen molar-refractivity contribution in [3.63, 3.8) is 0 Å². The van der Waals surface area contributed by atoms with Crippen molar-refractivity contribution in [1.29, 1.82) is 0 Å². The summed E-state index contributed by atoms with van der Waals surface area (Å²) in [5, 5.41) is 7.29. The first-order valence-electron chi connectivity index (χ1n) is 7.04. The standard InChI is InChI=1S/C16H18N4O/c1-12-4-6-13(7-5-12)17-11-16(21)19-18-14-8-10-20-9-2-3-15(14)20/h2-7,9,17H,8,10-11H2,1H3,(H,19,21). The molecule has 108 valence electrons. The van der Waals surface area contributed by atoms with E-state index in [4.69, 9.17) is 0 Å². The molecule has 3 rings (SSSR count). The fourth-order valence-corrected chi connectivity index (χ4v) is 2.36. The number of nitrogens with one attached hydrogen (secondary N) is 2. The molecule has 2 heterocycles. The summed E-state index contributed by atoms with van der Waals surface area (Å²) in [7, 11) is 0.